The molecule has 30 heavy (non-hydrogen) atoms. The van der Waals surface area contributed by atoms with E-state index < -0.39 is 11.5 Å². The van der Waals surface area contributed by atoms with Crippen LogP contribution in [0.5, 0.6) is 0 Å². The van der Waals surface area contributed by atoms with Crippen molar-refractivity contribution in [2.75, 3.05) is 0 Å². The van der Waals surface area contributed by atoms with Crippen molar-refractivity contribution in [1.29, 1.82) is 0 Å². The molecule has 0 aliphatic heterocycles. The fraction of sp³-hybridized carbons (Fsp3) is 0.200. The molecule has 156 valence electrons. The maximum atomic E-state index is 12.8. The predicted octanol–water partition coefficient (Wildman–Crippen LogP) is 6.41. The Hall–Kier alpha value is -2.61. The van der Waals surface area contributed by atoms with Crippen LogP contribution in [0.3, 0.4) is 0 Å². The van der Waals surface area contributed by atoms with Gasteiger partial charge in [-0.2, -0.15) is 5.11 Å². The van der Waals surface area contributed by atoms with Crippen LogP contribution < -0.4 is 5.56 Å². The third kappa shape index (κ3) is 4.75. The maximum Gasteiger partial charge on any atom is 0.339 e. The third-order valence-corrected chi connectivity index (χ3v) is 5.05. The molecule has 3 rings (SSSR count). The Kier molecular flexibility index (Phi) is 6.65. The minimum Gasteiger partial charge on any atom is -0.459 e. The van der Waals surface area contributed by atoms with Crippen LogP contribution in [0, 0.1) is 6.92 Å². The zero-order valence-corrected chi connectivity index (χ0v) is 18.5. The first-order chi connectivity index (χ1) is 14.2. The van der Waals surface area contributed by atoms with E-state index in [0.29, 0.717) is 27.1 Å². The van der Waals surface area contributed by atoms with Gasteiger partial charge in [-0.05, 0) is 57.2 Å². The molecule has 0 aliphatic carbocycles. The summed E-state index contributed by atoms with van der Waals surface area (Å²) in [6, 6.07) is 9.36. The van der Waals surface area contributed by atoms with Gasteiger partial charge in [-0.1, -0.05) is 34.8 Å². The molecule has 0 unspecified atom stereocenters. The maximum absolute atomic E-state index is 12.8. The molecule has 0 saturated carbocycles. The van der Waals surface area contributed by atoms with Crippen molar-refractivity contribution < 1.29 is 9.53 Å². The number of aromatic amines is 1. The van der Waals surface area contributed by atoms with Gasteiger partial charge in [0.15, 0.2) is 5.69 Å². The Morgan fingerprint density at radius 1 is 1.03 bits per heavy atom. The topological polar surface area (TPSA) is 88.8 Å². The monoisotopic (exact) mass is 466 g/mol. The van der Waals surface area contributed by atoms with Gasteiger partial charge < -0.3 is 4.74 Å². The summed E-state index contributed by atoms with van der Waals surface area (Å²) in [7, 11) is 0. The van der Waals surface area contributed by atoms with E-state index in [2.05, 4.69) is 15.3 Å². The molecule has 3 aromatic rings. The van der Waals surface area contributed by atoms with E-state index in [1.54, 1.807) is 45.0 Å². The summed E-state index contributed by atoms with van der Waals surface area (Å²) < 4.78 is 6.46. The average molecular weight is 468 g/mol. The van der Waals surface area contributed by atoms with Gasteiger partial charge in [0.1, 0.15) is 0 Å². The summed E-state index contributed by atoms with van der Waals surface area (Å²) in [5.74, 6) is -0.563. The van der Waals surface area contributed by atoms with Crippen molar-refractivity contribution in [2.24, 2.45) is 10.2 Å². The zero-order chi connectivity index (χ0) is 22.0. The number of hydrogen-bond acceptors (Lipinski definition) is 5. The quantitative estimate of drug-likeness (QED) is 0.347. The van der Waals surface area contributed by atoms with Crippen molar-refractivity contribution in [3.05, 3.63) is 73.1 Å². The van der Waals surface area contributed by atoms with Crippen LogP contribution in [0.15, 0.2) is 51.4 Å². The Labute approximate surface area is 187 Å². The first-order valence-corrected chi connectivity index (χ1v) is 10.00. The number of carbonyl (C=O) groups is 1. The average Bonchev–Trinajstić information content (AvgIpc) is 2.96. The Bertz CT molecular complexity index is 1200. The zero-order valence-electron chi connectivity index (χ0n) is 16.2. The number of ether oxygens (including phenoxy) is 1. The van der Waals surface area contributed by atoms with Gasteiger partial charge in [0.25, 0.3) is 5.56 Å². The number of benzene rings is 2. The number of nitrogens with one attached hydrogen (secondary N) is 1. The van der Waals surface area contributed by atoms with Crippen LogP contribution in [0.25, 0.3) is 5.69 Å². The second-order valence-corrected chi connectivity index (χ2v) is 7.86. The van der Waals surface area contributed by atoms with E-state index >= 15 is 0 Å². The lowest BCUT2D eigenvalue weighted by Gasteiger charge is -2.09. The summed E-state index contributed by atoms with van der Waals surface area (Å²) >= 11 is 18.1. The van der Waals surface area contributed by atoms with E-state index in [1.165, 1.54) is 16.8 Å². The minimum atomic E-state index is -0.563. The van der Waals surface area contributed by atoms with Crippen molar-refractivity contribution >= 4 is 52.1 Å². The lowest BCUT2D eigenvalue weighted by molar-refractivity contribution is 0.0378. The molecule has 2 aromatic carbocycles. The van der Waals surface area contributed by atoms with Crippen LogP contribution in [-0.4, -0.2) is 21.9 Å². The number of carbonyl (C=O) groups excluding carboxylic acids is 1. The molecular weight excluding hydrogens is 451 g/mol. The summed E-state index contributed by atoms with van der Waals surface area (Å²) in [6.45, 7) is 5.17. The second-order valence-electron chi connectivity index (χ2n) is 6.64. The number of esters is 1. The van der Waals surface area contributed by atoms with Crippen LogP contribution in [0.4, 0.5) is 11.4 Å². The first kappa shape index (κ1) is 22.1. The van der Waals surface area contributed by atoms with E-state index in [-0.39, 0.29) is 22.4 Å². The SMILES string of the molecule is Cc1[nH]n(-c2ccc(Cl)c(Cl)c2)c(=O)c1N=Nc1ccc(Cl)c(C(=O)OC(C)C)c1. The van der Waals surface area contributed by atoms with Crippen LogP contribution in [0.1, 0.15) is 29.9 Å². The number of nitrogens with zero attached hydrogens (tertiary/aromatic N) is 3. The largest absolute Gasteiger partial charge is 0.459 e. The van der Waals surface area contributed by atoms with Gasteiger partial charge in [0.05, 0.1) is 43.8 Å². The minimum absolute atomic E-state index is 0.113. The second kappa shape index (κ2) is 9.04. The predicted molar refractivity (Wildman–Crippen MR) is 117 cm³/mol. The van der Waals surface area contributed by atoms with Crippen molar-refractivity contribution in [3.63, 3.8) is 0 Å². The summed E-state index contributed by atoms with van der Waals surface area (Å²) in [5.41, 5.74) is 1.22. The highest BCUT2D eigenvalue weighted by molar-refractivity contribution is 6.42. The molecule has 0 aliphatic rings. The smallest absolute Gasteiger partial charge is 0.339 e. The Morgan fingerprint density at radius 3 is 2.40 bits per heavy atom. The molecule has 0 saturated heterocycles. The first-order valence-electron chi connectivity index (χ1n) is 8.86. The summed E-state index contributed by atoms with van der Waals surface area (Å²) in [5, 5.41) is 12.0. The van der Waals surface area contributed by atoms with Crippen molar-refractivity contribution in [2.45, 2.75) is 26.9 Å². The Morgan fingerprint density at radius 2 is 1.73 bits per heavy atom. The lowest BCUT2D eigenvalue weighted by Crippen LogP contribution is -2.14. The number of aromatic nitrogens is 2. The van der Waals surface area contributed by atoms with Crippen molar-refractivity contribution in [1.82, 2.24) is 9.78 Å². The molecule has 1 aromatic heterocycles. The molecule has 0 atom stereocenters. The van der Waals surface area contributed by atoms with Gasteiger partial charge in [0.2, 0.25) is 0 Å². The van der Waals surface area contributed by atoms with E-state index in [1.807, 2.05) is 0 Å². The van der Waals surface area contributed by atoms with Crippen LogP contribution in [0.2, 0.25) is 15.1 Å². The molecule has 1 N–H and O–H groups in total. The molecule has 7 nitrogen and oxygen atoms in total. The fourth-order valence-corrected chi connectivity index (χ4v) is 3.07. The van der Waals surface area contributed by atoms with Gasteiger partial charge in [-0.3, -0.25) is 9.89 Å². The molecule has 0 amide bonds. The molecule has 0 spiro atoms. The fourth-order valence-electron chi connectivity index (χ4n) is 2.58. The van der Waals surface area contributed by atoms with E-state index in [0.717, 1.165) is 0 Å². The highest BCUT2D eigenvalue weighted by Gasteiger charge is 2.16. The van der Waals surface area contributed by atoms with Gasteiger partial charge in [0, 0.05) is 0 Å². The van der Waals surface area contributed by atoms with Gasteiger partial charge in [-0.25, -0.2) is 9.48 Å². The molecule has 10 heteroatoms. The number of aryl methyl sites for hydroxylation is 1. The number of H-pyrrole nitrogens is 1. The van der Waals surface area contributed by atoms with Crippen molar-refractivity contribution in [3.8, 4) is 5.69 Å². The summed E-state index contributed by atoms with van der Waals surface area (Å²) in [4.78, 5) is 24.9. The third-order valence-electron chi connectivity index (χ3n) is 3.98. The Balaban J connectivity index is 1.94. The molecule has 0 radical (unpaired) electrons. The number of rotatable bonds is 5. The summed E-state index contributed by atoms with van der Waals surface area (Å²) in [6.07, 6.45) is -0.291. The van der Waals surface area contributed by atoms with Gasteiger partial charge in [-0.15, -0.1) is 5.11 Å². The number of hydrogen-bond donors (Lipinski definition) is 1. The highest BCUT2D eigenvalue weighted by atomic mass is 35.5. The van der Waals surface area contributed by atoms with Crippen LogP contribution >= 0.6 is 34.8 Å². The van der Waals surface area contributed by atoms with E-state index in [9.17, 15) is 9.59 Å². The normalized spacial score (nSPS) is 11.4. The standard InChI is InChI=1S/C20H17Cl3N4O3/c1-10(2)30-20(29)14-8-12(4-6-15(14)21)24-25-18-11(3)26-27(19(18)28)13-5-7-16(22)17(23)9-13/h4-10,26H,1-3H3. The van der Waals surface area contributed by atoms with Crippen LogP contribution in [-0.2, 0) is 4.74 Å². The number of azo groups is 1. The lowest BCUT2D eigenvalue weighted by atomic mass is 10.2. The van der Waals surface area contributed by atoms with Gasteiger partial charge >= 0.3 is 5.97 Å². The molecular formula is C20H17Cl3N4O3. The highest BCUT2D eigenvalue weighted by Crippen LogP contribution is 2.27. The molecule has 0 fully saturated rings. The number of halogens is 3. The van der Waals surface area contributed by atoms with E-state index in [4.69, 9.17) is 39.5 Å². The molecule has 1 heterocycles. The molecule has 0 bridgehead atoms.